The zero-order valence-electron chi connectivity index (χ0n) is 21.6. The van der Waals surface area contributed by atoms with Crippen LogP contribution < -0.4 is 20.9 Å². The van der Waals surface area contributed by atoms with Gasteiger partial charge in [-0.1, -0.05) is 44.2 Å². The molecule has 2 aromatic carbocycles. The predicted octanol–water partition coefficient (Wildman–Crippen LogP) is 3.68. The van der Waals surface area contributed by atoms with Crippen molar-refractivity contribution in [1.29, 1.82) is 0 Å². The normalized spacial score (nSPS) is 15.2. The number of Topliss-reactive ketones (excluding diaryl/α,β-unsaturated/α-hetero) is 1. The van der Waals surface area contributed by atoms with E-state index in [0.717, 1.165) is 5.69 Å². The van der Waals surface area contributed by atoms with Crippen LogP contribution in [0.15, 0.2) is 79.0 Å². The van der Waals surface area contributed by atoms with Gasteiger partial charge < -0.3 is 26.0 Å². The Morgan fingerprint density at radius 2 is 1.76 bits per heavy atom. The van der Waals surface area contributed by atoms with Gasteiger partial charge in [-0.25, -0.2) is 4.79 Å². The molecule has 1 aromatic heterocycles. The summed E-state index contributed by atoms with van der Waals surface area (Å²) in [5.41, 5.74) is 2.79. The van der Waals surface area contributed by atoms with Crippen molar-refractivity contribution in [2.24, 2.45) is 5.41 Å². The first-order valence-electron chi connectivity index (χ1n) is 12.3. The maximum atomic E-state index is 13.9. The van der Waals surface area contributed by atoms with Gasteiger partial charge in [0, 0.05) is 41.2 Å². The van der Waals surface area contributed by atoms with Crippen LogP contribution in [-0.2, 0) is 9.59 Å². The van der Waals surface area contributed by atoms with Gasteiger partial charge in [0.05, 0.1) is 24.5 Å². The molecule has 0 radical (unpaired) electrons. The van der Waals surface area contributed by atoms with Crippen molar-refractivity contribution in [3.63, 3.8) is 0 Å². The number of benzene rings is 2. The Kier molecular flexibility index (Phi) is 7.87. The number of nitrogens with one attached hydrogen (secondary N) is 3. The number of ketones is 1. The van der Waals surface area contributed by atoms with Gasteiger partial charge in [-0.05, 0) is 42.5 Å². The molecule has 9 heteroatoms. The smallest absolute Gasteiger partial charge is 0.320 e. The number of aliphatic hydroxyl groups is 1. The minimum absolute atomic E-state index is 0.267. The molecule has 1 aliphatic heterocycles. The third kappa shape index (κ3) is 5.73. The minimum atomic E-state index is -1.10. The fourth-order valence-corrected chi connectivity index (χ4v) is 4.07. The number of amides is 3. The Morgan fingerprint density at radius 1 is 1.03 bits per heavy atom. The summed E-state index contributed by atoms with van der Waals surface area (Å²) < 4.78 is 0. The van der Waals surface area contributed by atoms with Crippen LogP contribution in [0, 0.1) is 5.41 Å². The molecular weight excluding hydrogens is 482 g/mol. The summed E-state index contributed by atoms with van der Waals surface area (Å²) in [7, 11) is 1.78. The van der Waals surface area contributed by atoms with E-state index in [0.29, 0.717) is 28.2 Å². The van der Waals surface area contributed by atoms with Gasteiger partial charge in [0.25, 0.3) is 5.91 Å². The molecule has 3 amide bonds. The molecule has 1 aliphatic rings. The number of hydrogen-bond donors (Lipinski definition) is 4. The first-order valence-corrected chi connectivity index (χ1v) is 12.3. The van der Waals surface area contributed by atoms with Gasteiger partial charge in [0.2, 0.25) is 0 Å². The van der Waals surface area contributed by atoms with E-state index >= 15 is 0 Å². The highest BCUT2D eigenvalue weighted by Crippen LogP contribution is 2.35. The average molecular weight is 514 g/mol. The molecule has 9 nitrogen and oxygen atoms in total. The lowest BCUT2D eigenvalue weighted by Gasteiger charge is -2.29. The van der Waals surface area contributed by atoms with Gasteiger partial charge in [-0.15, -0.1) is 0 Å². The Bertz CT molecular complexity index is 1370. The molecule has 0 bridgehead atoms. The van der Waals surface area contributed by atoms with E-state index in [9.17, 15) is 19.5 Å². The number of para-hydroxylation sites is 1. The third-order valence-electron chi connectivity index (χ3n) is 6.44. The summed E-state index contributed by atoms with van der Waals surface area (Å²) in [6, 6.07) is 18.2. The molecular formula is C29H31N5O4. The van der Waals surface area contributed by atoms with E-state index in [-0.39, 0.29) is 18.9 Å². The number of hydrogen-bond acceptors (Lipinski definition) is 6. The van der Waals surface area contributed by atoms with E-state index in [1.807, 2.05) is 30.3 Å². The standard InChI is InChI=1S/C29H31N5O4/c1-29(2,18-35)26(36)17-34-25-13-5-4-11-21(25)22(23-12-6-7-14-31-23)16-24(27(34)37)33-28(38)32-20-10-8-9-19(15-20)30-3/h4-16,24,30,35H,17-18H2,1-3H3,(H2,32,33,38). The van der Waals surface area contributed by atoms with Gasteiger partial charge in [-0.3, -0.25) is 14.6 Å². The predicted molar refractivity (Wildman–Crippen MR) is 148 cm³/mol. The van der Waals surface area contributed by atoms with Crippen molar-refractivity contribution in [2.45, 2.75) is 19.9 Å². The lowest BCUT2D eigenvalue weighted by Crippen LogP contribution is -2.51. The number of carbonyl (C=O) groups is 3. The molecule has 0 aliphatic carbocycles. The van der Waals surface area contributed by atoms with Crippen LogP contribution in [0.2, 0.25) is 0 Å². The number of nitrogens with zero attached hydrogens (tertiary/aromatic N) is 2. The van der Waals surface area contributed by atoms with Crippen LogP contribution in [0.4, 0.5) is 21.9 Å². The van der Waals surface area contributed by atoms with Crippen molar-refractivity contribution >= 4 is 40.4 Å². The quantitative estimate of drug-likeness (QED) is 0.364. The minimum Gasteiger partial charge on any atom is -0.395 e. The molecule has 196 valence electrons. The van der Waals surface area contributed by atoms with Crippen LogP contribution in [0.3, 0.4) is 0 Å². The van der Waals surface area contributed by atoms with Crippen LogP contribution in [0.1, 0.15) is 25.1 Å². The monoisotopic (exact) mass is 513 g/mol. The maximum absolute atomic E-state index is 13.9. The molecule has 0 fully saturated rings. The molecule has 1 unspecified atom stereocenters. The zero-order chi connectivity index (χ0) is 27.3. The number of aliphatic hydroxyl groups excluding tert-OH is 1. The highest BCUT2D eigenvalue weighted by Gasteiger charge is 2.36. The molecule has 0 spiro atoms. The largest absolute Gasteiger partial charge is 0.395 e. The molecule has 0 saturated heterocycles. The molecule has 38 heavy (non-hydrogen) atoms. The van der Waals surface area contributed by atoms with Crippen molar-refractivity contribution < 1.29 is 19.5 Å². The van der Waals surface area contributed by atoms with Crippen LogP contribution in [0.5, 0.6) is 0 Å². The zero-order valence-corrected chi connectivity index (χ0v) is 21.6. The van der Waals surface area contributed by atoms with Crippen LogP contribution in [-0.4, -0.2) is 54.1 Å². The molecule has 4 rings (SSSR count). The van der Waals surface area contributed by atoms with Crippen LogP contribution >= 0.6 is 0 Å². The molecule has 2 heterocycles. The lowest BCUT2D eigenvalue weighted by atomic mass is 9.88. The topological polar surface area (TPSA) is 124 Å². The van der Waals surface area contributed by atoms with E-state index in [4.69, 9.17) is 0 Å². The number of urea groups is 1. The lowest BCUT2D eigenvalue weighted by molar-refractivity contribution is -0.129. The fraction of sp³-hybridized carbons (Fsp3) is 0.241. The van der Waals surface area contributed by atoms with Crippen molar-refractivity contribution in [2.75, 3.05) is 35.7 Å². The highest BCUT2D eigenvalue weighted by molar-refractivity contribution is 6.10. The van der Waals surface area contributed by atoms with Gasteiger partial charge in [0.15, 0.2) is 5.78 Å². The second kappa shape index (κ2) is 11.3. The first-order chi connectivity index (χ1) is 18.2. The number of rotatable bonds is 8. The maximum Gasteiger partial charge on any atom is 0.320 e. The van der Waals surface area contributed by atoms with Gasteiger partial charge >= 0.3 is 6.03 Å². The van der Waals surface area contributed by atoms with E-state index in [1.54, 1.807) is 69.6 Å². The van der Waals surface area contributed by atoms with E-state index < -0.39 is 23.4 Å². The van der Waals surface area contributed by atoms with E-state index in [2.05, 4.69) is 20.9 Å². The third-order valence-corrected chi connectivity index (χ3v) is 6.44. The van der Waals surface area contributed by atoms with E-state index in [1.165, 1.54) is 4.90 Å². The second-order valence-electron chi connectivity index (χ2n) is 9.61. The molecule has 3 aromatic rings. The number of anilines is 3. The summed E-state index contributed by atoms with van der Waals surface area (Å²) in [6.07, 6.45) is 3.31. The Hall–Kier alpha value is -4.50. The van der Waals surface area contributed by atoms with Crippen LogP contribution in [0.25, 0.3) is 5.57 Å². The summed E-state index contributed by atoms with van der Waals surface area (Å²) in [5, 5.41) is 18.3. The highest BCUT2D eigenvalue weighted by atomic mass is 16.3. The molecule has 1 atom stereocenters. The molecule has 4 N–H and O–H groups in total. The first kappa shape index (κ1) is 26.6. The van der Waals surface area contributed by atoms with Gasteiger partial charge in [0.1, 0.15) is 6.04 Å². The summed E-state index contributed by atoms with van der Waals surface area (Å²) >= 11 is 0. The number of carbonyl (C=O) groups excluding carboxylic acids is 3. The Labute approximate surface area is 221 Å². The average Bonchev–Trinajstić information content (AvgIpc) is 3.04. The number of fused-ring (bicyclic) bond motifs is 1. The van der Waals surface area contributed by atoms with Crippen molar-refractivity contribution in [1.82, 2.24) is 10.3 Å². The number of aromatic nitrogens is 1. The van der Waals surface area contributed by atoms with Gasteiger partial charge in [-0.2, -0.15) is 0 Å². The van der Waals surface area contributed by atoms with Crippen molar-refractivity contribution in [3.05, 3.63) is 90.3 Å². The Morgan fingerprint density at radius 3 is 2.47 bits per heavy atom. The second-order valence-corrected chi connectivity index (χ2v) is 9.61. The fourth-order valence-electron chi connectivity index (χ4n) is 4.07. The summed E-state index contributed by atoms with van der Waals surface area (Å²) in [6.45, 7) is 2.63. The summed E-state index contributed by atoms with van der Waals surface area (Å²) in [4.78, 5) is 45.9. The summed E-state index contributed by atoms with van der Waals surface area (Å²) in [5.74, 6) is -0.791. The Balaban J connectivity index is 1.74. The van der Waals surface area contributed by atoms with Crippen molar-refractivity contribution in [3.8, 4) is 0 Å². The number of pyridine rings is 1. The SMILES string of the molecule is CNc1cccc(NC(=O)NC2C=C(c3ccccn3)c3ccccc3N(CC(=O)C(C)(C)CO)C2=O)c1. The molecule has 0 saturated carbocycles.